The average Bonchev–Trinajstić information content (AvgIpc) is 3.11. The molecule has 3 rings (SSSR count). The molecule has 1 aliphatic carbocycles. The standard InChI is InChI=1S/C14H15N3O2/c1-17-13(8-12(16-17)14(18)19)9-2-4-10(5-3-9)15-11-6-7-11/h2-5,8,11,15H,6-7H2,1H3,(H,18,19). The maximum absolute atomic E-state index is 10.9. The van der Waals surface area contributed by atoms with Crippen molar-refractivity contribution in [2.24, 2.45) is 7.05 Å². The van der Waals surface area contributed by atoms with Crippen LogP contribution in [0.5, 0.6) is 0 Å². The van der Waals surface area contributed by atoms with E-state index in [4.69, 9.17) is 5.11 Å². The Labute approximate surface area is 110 Å². The number of carboxylic acid groups (broad SMARTS) is 1. The van der Waals surface area contributed by atoms with Crippen molar-refractivity contribution in [1.82, 2.24) is 9.78 Å². The first-order valence-corrected chi connectivity index (χ1v) is 6.28. The third-order valence-corrected chi connectivity index (χ3v) is 3.23. The van der Waals surface area contributed by atoms with Gasteiger partial charge in [0.1, 0.15) is 0 Å². The largest absolute Gasteiger partial charge is 0.476 e. The second-order valence-electron chi connectivity index (χ2n) is 4.84. The molecule has 1 heterocycles. The maximum atomic E-state index is 10.9. The number of carbonyl (C=O) groups is 1. The summed E-state index contributed by atoms with van der Waals surface area (Å²) in [4.78, 5) is 10.9. The van der Waals surface area contributed by atoms with Crippen LogP contribution in [0, 0.1) is 0 Å². The number of nitrogens with one attached hydrogen (secondary N) is 1. The monoisotopic (exact) mass is 257 g/mol. The van der Waals surface area contributed by atoms with Crippen LogP contribution in [0.3, 0.4) is 0 Å². The lowest BCUT2D eigenvalue weighted by Gasteiger charge is -2.06. The fourth-order valence-corrected chi connectivity index (χ4v) is 2.04. The minimum atomic E-state index is -1.01. The van der Waals surface area contributed by atoms with Gasteiger partial charge in [-0.1, -0.05) is 12.1 Å². The number of anilines is 1. The fraction of sp³-hybridized carbons (Fsp3) is 0.286. The van der Waals surface area contributed by atoms with Crippen molar-refractivity contribution < 1.29 is 9.90 Å². The molecule has 1 aromatic heterocycles. The molecule has 0 unspecified atom stereocenters. The van der Waals surface area contributed by atoms with Crippen LogP contribution in [-0.2, 0) is 7.05 Å². The number of nitrogens with zero attached hydrogens (tertiary/aromatic N) is 2. The Kier molecular flexibility index (Phi) is 2.74. The first kappa shape index (κ1) is 11.8. The molecule has 2 N–H and O–H groups in total. The molecule has 1 aromatic carbocycles. The van der Waals surface area contributed by atoms with Crippen molar-refractivity contribution in [3.05, 3.63) is 36.0 Å². The zero-order valence-electron chi connectivity index (χ0n) is 10.6. The number of carboxylic acids is 1. The van der Waals surface area contributed by atoms with Gasteiger partial charge < -0.3 is 10.4 Å². The summed E-state index contributed by atoms with van der Waals surface area (Å²) in [5.74, 6) is -1.01. The van der Waals surface area contributed by atoms with Gasteiger partial charge in [0.25, 0.3) is 0 Å². The molecule has 98 valence electrons. The Bertz CT molecular complexity index is 612. The summed E-state index contributed by atoms with van der Waals surface area (Å²) in [6.07, 6.45) is 2.48. The van der Waals surface area contributed by atoms with Crippen LogP contribution in [-0.4, -0.2) is 26.9 Å². The smallest absolute Gasteiger partial charge is 0.356 e. The van der Waals surface area contributed by atoms with E-state index < -0.39 is 5.97 Å². The van der Waals surface area contributed by atoms with E-state index >= 15 is 0 Å². The lowest BCUT2D eigenvalue weighted by molar-refractivity contribution is 0.0689. The second-order valence-corrected chi connectivity index (χ2v) is 4.84. The van der Waals surface area contributed by atoms with Gasteiger partial charge in [0.05, 0.1) is 5.69 Å². The Morgan fingerprint density at radius 2 is 2.05 bits per heavy atom. The summed E-state index contributed by atoms with van der Waals surface area (Å²) in [7, 11) is 1.75. The van der Waals surface area contributed by atoms with Crippen LogP contribution in [0.2, 0.25) is 0 Å². The molecule has 5 heteroatoms. The first-order valence-electron chi connectivity index (χ1n) is 6.28. The lowest BCUT2D eigenvalue weighted by Crippen LogP contribution is -2.00. The van der Waals surface area contributed by atoms with E-state index in [-0.39, 0.29) is 5.69 Å². The van der Waals surface area contributed by atoms with E-state index in [1.165, 1.54) is 12.8 Å². The fourth-order valence-electron chi connectivity index (χ4n) is 2.04. The predicted molar refractivity (Wildman–Crippen MR) is 72.2 cm³/mol. The molecular weight excluding hydrogens is 242 g/mol. The van der Waals surface area contributed by atoms with Crippen molar-refractivity contribution in [3.8, 4) is 11.3 Å². The van der Waals surface area contributed by atoms with E-state index in [1.807, 2.05) is 24.3 Å². The molecule has 19 heavy (non-hydrogen) atoms. The van der Waals surface area contributed by atoms with Crippen molar-refractivity contribution in [2.75, 3.05) is 5.32 Å². The highest BCUT2D eigenvalue weighted by Crippen LogP contribution is 2.27. The molecule has 0 aliphatic heterocycles. The summed E-state index contributed by atoms with van der Waals surface area (Å²) < 4.78 is 1.59. The molecule has 0 atom stereocenters. The zero-order chi connectivity index (χ0) is 13.4. The summed E-state index contributed by atoms with van der Waals surface area (Å²) in [5.41, 5.74) is 2.93. The highest BCUT2D eigenvalue weighted by atomic mass is 16.4. The molecule has 1 saturated carbocycles. The Hall–Kier alpha value is -2.30. The van der Waals surface area contributed by atoms with Crippen LogP contribution in [0.15, 0.2) is 30.3 Å². The van der Waals surface area contributed by atoms with E-state index in [0.29, 0.717) is 6.04 Å². The molecule has 0 spiro atoms. The quantitative estimate of drug-likeness (QED) is 0.882. The molecule has 0 bridgehead atoms. The SMILES string of the molecule is Cn1nc(C(=O)O)cc1-c1ccc(NC2CC2)cc1. The molecule has 1 aliphatic rings. The molecule has 0 amide bonds. The number of aryl methyl sites for hydroxylation is 1. The van der Waals surface area contributed by atoms with Crippen LogP contribution < -0.4 is 5.32 Å². The molecule has 0 radical (unpaired) electrons. The molecule has 0 saturated heterocycles. The van der Waals surface area contributed by atoms with E-state index in [9.17, 15) is 4.79 Å². The minimum absolute atomic E-state index is 0.0673. The van der Waals surface area contributed by atoms with Gasteiger partial charge in [-0.3, -0.25) is 4.68 Å². The van der Waals surface area contributed by atoms with Gasteiger partial charge in [-0.15, -0.1) is 0 Å². The van der Waals surface area contributed by atoms with Gasteiger partial charge in [0.2, 0.25) is 0 Å². The van der Waals surface area contributed by atoms with E-state index in [1.54, 1.807) is 17.8 Å². The highest BCUT2D eigenvalue weighted by molar-refractivity contribution is 5.87. The van der Waals surface area contributed by atoms with Crippen LogP contribution in [0.4, 0.5) is 5.69 Å². The van der Waals surface area contributed by atoms with E-state index in [0.717, 1.165) is 16.9 Å². The number of benzene rings is 1. The van der Waals surface area contributed by atoms with Crippen molar-refractivity contribution >= 4 is 11.7 Å². The number of aromatic nitrogens is 2. The third-order valence-electron chi connectivity index (χ3n) is 3.23. The number of aromatic carboxylic acids is 1. The van der Waals surface area contributed by atoms with Gasteiger partial charge in [0.15, 0.2) is 5.69 Å². The number of hydrogen-bond acceptors (Lipinski definition) is 3. The molecule has 1 fully saturated rings. The summed E-state index contributed by atoms with van der Waals surface area (Å²) in [6.45, 7) is 0. The third kappa shape index (κ3) is 2.45. The van der Waals surface area contributed by atoms with Gasteiger partial charge >= 0.3 is 5.97 Å². The lowest BCUT2D eigenvalue weighted by atomic mass is 10.1. The van der Waals surface area contributed by atoms with Crippen molar-refractivity contribution in [3.63, 3.8) is 0 Å². The summed E-state index contributed by atoms with van der Waals surface area (Å²) in [5, 5.41) is 16.3. The zero-order valence-corrected chi connectivity index (χ0v) is 10.6. The normalized spacial score (nSPS) is 14.4. The van der Waals surface area contributed by atoms with Crippen LogP contribution in [0.1, 0.15) is 23.3 Å². The number of hydrogen-bond donors (Lipinski definition) is 2. The molecule has 5 nitrogen and oxygen atoms in total. The summed E-state index contributed by atoms with van der Waals surface area (Å²) >= 11 is 0. The van der Waals surface area contributed by atoms with Crippen molar-refractivity contribution in [1.29, 1.82) is 0 Å². The van der Waals surface area contributed by atoms with E-state index in [2.05, 4.69) is 10.4 Å². The minimum Gasteiger partial charge on any atom is -0.476 e. The molecular formula is C14H15N3O2. The average molecular weight is 257 g/mol. The summed E-state index contributed by atoms with van der Waals surface area (Å²) in [6, 6.07) is 10.2. The Balaban J connectivity index is 1.86. The van der Waals surface area contributed by atoms with Crippen LogP contribution >= 0.6 is 0 Å². The van der Waals surface area contributed by atoms with Gasteiger partial charge in [0, 0.05) is 18.8 Å². The maximum Gasteiger partial charge on any atom is 0.356 e. The van der Waals surface area contributed by atoms with Crippen molar-refractivity contribution in [2.45, 2.75) is 18.9 Å². The highest BCUT2D eigenvalue weighted by Gasteiger charge is 2.20. The second kappa shape index (κ2) is 4.42. The topological polar surface area (TPSA) is 67.2 Å². The Morgan fingerprint density at radius 1 is 1.37 bits per heavy atom. The van der Waals surface area contributed by atoms with Gasteiger partial charge in [-0.05, 0) is 36.6 Å². The van der Waals surface area contributed by atoms with Crippen LogP contribution in [0.25, 0.3) is 11.3 Å². The Morgan fingerprint density at radius 3 is 2.58 bits per heavy atom. The van der Waals surface area contributed by atoms with Gasteiger partial charge in [-0.2, -0.15) is 5.10 Å². The van der Waals surface area contributed by atoms with Gasteiger partial charge in [-0.25, -0.2) is 4.79 Å². The predicted octanol–water partition coefficient (Wildman–Crippen LogP) is 2.36. The number of rotatable bonds is 4. The first-order chi connectivity index (χ1) is 9.13. The molecule has 2 aromatic rings.